The zero-order chi connectivity index (χ0) is 15.7. The van der Waals surface area contributed by atoms with Crippen LogP contribution < -0.4 is 0 Å². The van der Waals surface area contributed by atoms with Gasteiger partial charge in [0, 0.05) is 31.9 Å². The van der Waals surface area contributed by atoms with Gasteiger partial charge in [0.1, 0.15) is 5.82 Å². The molecule has 0 N–H and O–H groups in total. The molecule has 5 heteroatoms. The van der Waals surface area contributed by atoms with Gasteiger partial charge >= 0.3 is 0 Å². The number of likely N-dealkylation sites (tertiary alicyclic amines) is 1. The first kappa shape index (κ1) is 14.8. The largest absolute Gasteiger partial charge is 0.371 e. The van der Waals surface area contributed by atoms with Gasteiger partial charge in [-0.25, -0.2) is 9.37 Å². The van der Waals surface area contributed by atoms with Crippen LogP contribution in [0.5, 0.6) is 0 Å². The molecule has 0 unspecified atom stereocenters. The number of rotatable bonds is 3. The summed E-state index contributed by atoms with van der Waals surface area (Å²) in [5.74, 6) is -0.175. The summed E-state index contributed by atoms with van der Waals surface area (Å²) in [6, 6.07) is 7.22. The Bertz CT molecular complexity index is 643. The fourth-order valence-corrected chi connectivity index (χ4v) is 3.95. The number of ether oxygens (including phenoxy) is 1. The smallest absolute Gasteiger partial charge is 0.123 e. The summed E-state index contributed by atoms with van der Waals surface area (Å²) in [6.45, 7) is 3.66. The number of aromatic nitrogens is 2. The van der Waals surface area contributed by atoms with Crippen molar-refractivity contribution in [3.05, 3.63) is 54.4 Å². The van der Waals surface area contributed by atoms with Crippen molar-refractivity contribution in [1.82, 2.24) is 14.5 Å². The number of benzene rings is 1. The number of hydrogen-bond donors (Lipinski definition) is 0. The second kappa shape index (κ2) is 6.06. The van der Waals surface area contributed by atoms with E-state index < -0.39 is 0 Å². The Kier molecular flexibility index (Phi) is 3.91. The van der Waals surface area contributed by atoms with Crippen molar-refractivity contribution in [3.8, 4) is 0 Å². The lowest BCUT2D eigenvalue weighted by Crippen LogP contribution is -2.47. The first-order valence-electron chi connectivity index (χ1n) is 8.31. The van der Waals surface area contributed by atoms with Crippen LogP contribution in [0.15, 0.2) is 43.0 Å². The first-order valence-corrected chi connectivity index (χ1v) is 8.31. The SMILES string of the molecule is Fc1ccc(CN2CCC[C@@]3(C[C@H](n4ccnc4)CO3)C2)cc1. The highest BCUT2D eigenvalue weighted by atomic mass is 19.1. The molecular formula is C18H22FN3O. The van der Waals surface area contributed by atoms with Crippen molar-refractivity contribution < 1.29 is 9.13 Å². The van der Waals surface area contributed by atoms with Gasteiger partial charge < -0.3 is 9.30 Å². The maximum Gasteiger partial charge on any atom is 0.123 e. The number of hydrogen-bond acceptors (Lipinski definition) is 3. The normalized spacial score (nSPS) is 28.5. The molecule has 23 heavy (non-hydrogen) atoms. The summed E-state index contributed by atoms with van der Waals surface area (Å²) < 4.78 is 21.5. The molecule has 0 radical (unpaired) electrons. The van der Waals surface area contributed by atoms with E-state index in [1.54, 1.807) is 0 Å². The maximum absolute atomic E-state index is 13.0. The summed E-state index contributed by atoms with van der Waals surface area (Å²) >= 11 is 0. The van der Waals surface area contributed by atoms with Crippen LogP contribution in [-0.2, 0) is 11.3 Å². The summed E-state index contributed by atoms with van der Waals surface area (Å²) in [7, 11) is 0. The van der Waals surface area contributed by atoms with Gasteiger partial charge in [-0.3, -0.25) is 4.90 Å². The molecular weight excluding hydrogens is 293 g/mol. The lowest BCUT2D eigenvalue weighted by Gasteiger charge is -2.39. The number of halogens is 1. The third-order valence-electron chi connectivity index (χ3n) is 5.07. The van der Waals surface area contributed by atoms with Gasteiger partial charge in [0.05, 0.1) is 24.6 Å². The average Bonchev–Trinajstić information content (AvgIpc) is 3.20. The second-order valence-electron chi connectivity index (χ2n) is 6.80. The molecule has 1 spiro atoms. The molecule has 0 bridgehead atoms. The third-order valence-corrected chi connectivity index (χ3v) is 5.07. The highest BCUT2D eigenvalue weighted by molar-refractivity contribution is 5.16. The highest BCUT2D eigenvalue weighted by Crippen LogP contribution is 2.39. The number of nitrogens with zero attached hydrogens (tertiary/aromatic N) is 3. The van der Waals surface area contributed by atoms with E-state index in [4.69, 9.17) is 4.74 Å². The zero-order valence-electron chi connectivity index (χ0n) is 13.2. The monoisotopic (exact) mass is 315 g/mol. The van der Waals surface area contributed by atoms with Crippen LogP contribution in [0.3, 0.4) is 0 Å². The minimum absolute atomic E-state index is 0.0345. The number of piperidine rings is 1. The van der Waals surface area contributed by atoms with Crippen molar-refractivity contribution in [2.45, 2.75) is 37.5 Å². The summed E-state index contributed by atoms with van der Waals surface area (Å²) in [5.41, 5.74) is 1.13. The summed E-state index contributed by atoms with van der Waals surface area (Å²) in [4.78, 5) is 6.58. The first-order chi connectivity index (χ1) is 11.2. The number of imidazole rings is 1. The van der Waals surface area contributed by atoms with Crippen LogP contribution in [0.1, 0.15) is 30.9 Å². The Morgan fingerprint density at radius 2 is 2.17 bits per heavy atom. The predicted octanol–water partition coefficient (Wildman–Crippen LogP) is 3.02. The standard InChI is InChI=1S/C18H22FN3O/c19-16-4-2-15(3-5-16)11-21-8-1-6-18(13-21)10-17(12-23-18)22-9-7-20-14-22/h2-5,7,9,14,17H,1,6,8,10-13H2/t17-,18+/m0/s1. The third kappa shape index (κ3) is 3.16. The van der Waals surface area contributed by atoms with Crippen molar-refractivity contribution in [2.75, 3.05) is 19.7 Å². The van der Waals surface area contributed by atoms with Crippen LogP contribution in [0.4, 0.5) is 4.39 Å². The molecule has 0 aliphatic carbocycles. The van der Waals surface area contributed by atoms with Gasteiger partial charge in [0.25, 0.3) is 0 Å². The Labute approximate surface area is 135 Å². The topological polar surface area (TPSA) is 30.3 Å². The second-order valence-corrected chi connectivity index (χ2v) is 6.80. The van der Waals surface area contributed by atoms with E-state index in [9.17, 15) is 4.39 Å². The van der Waals surface area contributed by atoms with E-state index in [-0.39, 0.29) is 11.4 Å². The lowest BCUT2D eigenvalue weighted by molar-refractivity contribution is -0.0534. The predicted molar refractivity (Wildman–Crippen MR) is 85.5 cm³/mol. The van der Waals surface area contributed by atoms with E-state index >= 15 is 0 Å². The van der Waals surface area contributed by atoms with E-state index in [1.165, 1.54) is 12.1 Å². The van der Waals surface area contributed by atoms with Gasteiger partial charge in [-0.1, -0.05) is 12.1 Å². The maximum atomic E-state index is 13.0. The van der Waals surface area contributed by atoms with Gasteiger partial charge in [-0.2, -0.15) is 0 Å². The van der Waals surface area contributed by atoms with E-state index in [0.717, 1.165) is 51.1 Å². The van der Waals surface area contributed by atoms with Crippen molar-refractivity contribution in [1.29, 1.82) is 0 Å². The van der Waals surface area contributed by atoms with Gasteiger partial charge in [0.15, 0.2) is 0 Å². The molecule has 1 aromatic carbocycles. The molecule has 0 saturated carbocycles. The fourth-order valence-electron chi connectivity index (χ4n) is 3.95. The molecule has 3 heterocycles. The van der Waals surface area contributed by atoms with E-state index in [1.807, 2.05) is 30.9 Å². The molecule has 2 aliphatic rings. The molecule has 0 amide bonds. The van der Waals surface area contributed by atoms with Gasteiger partial charge in [-0.05, 0) is 37.1 Å². The summed E-state index contributed by atoms with van der Waals surface area (Å²) in [5, 5.41) is 0. The summed E-state index contributed by atoms with van der Waals surface area (Å²) in [6.07, 6.45) is 9.05. The quantitative estimate of drug-likeness (QED) is 0.872. The van der Waals surface area contributed by atoms with Crippen LogP contribution in [0, 0.1) is 5.82 Å². The molecule has 4 rings (SSSR count). The molecule has 122 valence electrons. The fraction of sp³-hybridized carbons (Fsp3) is 0.500. The van der Waals surface area contributed by atoms with Crippen LogP contribution in [0.25, 0.3) is 0 Å². The van der Waals surface area contributed by atoms with Gasteiger partial charge in [0.2, 0.25) is 0 Å². The Balaban J connectivity index is 1.42. The lowest BCUT2D eigenvalue weighted by atomic mass is 9.88. The molecule has 2 fully saturated rings. The Hall–Kier alpha value is -1.72. The highest BCUT2D eigenvalue weighted by Gasteiger charge is 2.43. The molecule has 1 aromatic heterocycles. The average molecular weight is 315 g/mol. The van der Waals surface area contributed by atoms with Crippen LogP contribution >= 0.6 is 0 Å². The minimum atomic E-state index is -0.175. The van der Waals surface area contributed by atoms with Crippen LogP contribution in [-0.4, -0.2) is 39.7 Å². The Morgan fingerprint density at radius 3 is 2.96 bits per heavy atom. The van der Waals surface area contributed by atoms with Crippen molar-refractivity contribution >= 4 is 0 Å². The van der Waals surface area contributed by atoms with Crippen molar-refractivity contribution in [3.63, 3.8) is 0 Å². The molecule has 4 nitrogen and oxygen atoms in total. The molecule has 2 aromatic rings. The Morgan fingerprint density at radius 1 is 1.30 bits per heavy atom. The zero-order valence-corrected chi connectivity index (χ0v) is 13.2. The molecule has 2 atom stereocenters. The van der Waals surface area contributed by atoms with E-state index in [0.29, 0.717) is 6.04 Å². The van der Waals surface area contributed by atoms with E-state index in [2.05, 4.69) is 14.5 Å². The van der Waals surface area contributed by atoms with Gasteiger partial charge in [-0.15, -0.1) is 0 Å². The van der Waals surface area contributed by atoms with Crippen molar-refractivity contribution in [2.24, 2.45) is 0 Å². The minimum Gasteiger partial charge on any atom is -0.371 e. The molecule has 2 saturated heterocycles. The molecule has 2 aliphatic heterocycles. The van der Waals surface area contributed by atoms with Crippen LogP contribution in [0.2, 0.25) is 0 Å².